The van der Waals surface area contributed by atoms with Crippen molar-refractivity contribution in [1.29, 1.82) is 0 Å². The number of halogens is 4. The molecule has 2 N–H and O–H groups in total. The quantitative estimate of drug-likeness (QED) is 0.837. The van der Waals surface area contributed by atoms with Crippen LogP contribution in [0.5, 0.6) is 0 Å². The van der Waals surface area contributed by atoms with Gasteiger partial charge in [0, 0.05) is 12.7 Å². The van der Waals surface area contributed by atoms with E-state index in [1.165, 1.54) is 18.3 Å². The van der Waals surface area contributed by atoms with Crippen LogP contribution in [0.25, 0.3) is 0 Å². The number of nitrogens with two attached hydrogens (primary N) is 1. The predicted molar refractivity (Wildman–Crippen MR) is 49.8 cm³/mol. The average Bonchev–Trinajstić information content (AvgIpc) is 2.07. The number of rotatable bonds is 2. The van der Waals surface area contributed by atoms with Gasteiger partial charge < -0.3 is 5.73 Å². The van der Waals surface area contributed by atoms with Crippen LogP contribution in [-0.2, 0) is 0 Å². The molecule has 14 heavy (non-hydrogen) atoms. The molecule has 1 aromatic heterocycles. The molecule has 0 fully saturated rings. The van der Waals surface area contributed by atoms with Gasteiger partial charge >= 0.3 is 6.18 Å². The molecule has 1 unspecified atom stereocenters. The average molecular weight is 269 g/mol. The maximum absolute atomic E-state index is 12.4. The minimum Gasteiger partial charge on any atom is -0.330 e. The molecule has 0 spiro atoms. The lowest BCUT2D eigenvalue weighted by Crippen LogP contribution is -2.28. The Kier molecular flexibility index (Phi) is 3.49. The Morgan fingerprint density at radius 1 is 1.43 bits per heavy atom. The van der Waals surface area contributed by atoms with Gasteiger partial charge in [0.15, 0.2) is 0 Å². The molecule has 1 atom stereocenters. The second-order valence-electron chi connectivity index (χ2n) is 2.74. The molecule has 1 rings (SSSR count). The van der Waals surface area contributed by atoms with Crippen molar-refractivity contribution >= 4 is 15.9 Å². The largest absolute Gasteiger partial charge is 0.397 e. The van der Waals surface area contributed by atoms with Crippen LogP contribution >= 0.6 is 15.9 Å². The van der Waals surface area contributed by atoms with Crippen molar-refractivity contribution in [2.45, 2.75) is 12.1 Å². The molecule has 0 saturated heterocycles. The van der Waals surface area contributed by atoms with Crippen LogP contribution in [0.3, 0.4) is 0 Å². The highest BCUT2D eigenvalue weighted by molar-refractivity contribution is 9.10. The molecule has 0 amide bonds. The number of hydrogen-bond donors (Lipinski definition) is 1. The van der Waals surface area contributed by atoms with E-state index in [9.17, 15) is 13.2 Å². The van der Waals surface area contributed by atoms with Gasteiger partial charge in [-0.05, 0) is 27.6 Å². The zero-order valence-electron chi connectivity index (χ0n) is 7.05. The zero-order chi connectivity index (χ0) is 10.8. The van der Waals surface area contributed by atoms with Gasteiger partial charge in [-0.1, -0.05) is 6.07 Å². The van der Waals surface area contributed by atoms with Crippen LogP contribution in [0.1, 0.15) is 11.5 Å². The highest BCUT2D eigenvalue weighted by Crippen LogP contribution is 2.33. The molecule has 1 aromatic rings. The van der Waals surface area contributed by atoms with Crippen LogP contribution in [0.4, 0.5) is 13.2 Å². The third-order valence-electron chi connectivity index (χ3n) is 1.78. The first-order valence-corrected chi connectivity index (χ1v) is 4.62. The van der Waals surface area contributed by atoms with Gasteiger partial charge in [-0.3, -0.25) is 0 Å². The van der Waals surface area contributed by atoms with Crippen LogP contribution in [-0.4, -0.2) is 17.7 Å². The molecule has 0 aromatic carbocycles. The second kappa shape index (κ2) is 4.27. The van der Waals surface area contributed by atoms with Gasteiger partial charge in [-0.2, -0.15) is 13.2 Å². The minimum absolute atomic E-state index is 0.0863. The second-order valence-corrected chi connectivity index (χ2v) is 3.56. The monoisotopic (exact) mass is 268 g/mol. The predicted octanol–water partition coefficient (Wildman–Crippen LogP) is 2.45. The molecule has 0 saturated carbocycles. The third-order valence-corrected chi connectivity index (χ3v) is 2.25. The normalized spacial score (nSPS) is 14.1. The summed E-state index contributed by atoms with van der Waals surface area (Å²) < 4.78 is 37.7. The van der Waals surface area contributed by atoms with E-state index in [-0.39, 0.29) is 5.56 Å². The molecular formula is C8H8BrF3N2. The summed E-state index contributed by atoms with van der Waals surface area (Å²) in [5.41, 5.74) is 5.16. The molecular weight excluding hydrogens is 261 g/mol. The third kappa shape index (κ3) is 2.68. The van der Waals surface area contributed by atoms with E-state index in [4.69, 9.17) is 5.73 Å². The van der Waals surface area contributed by atoms with Crippen LogP contribution < -0.4 is 5.73 Å². The van der Waals surface area contributed by atoms with E-state index in [0.717, 1.165) is 0 Å². The molecule has 0 aliphatic rings. The SMILES string of the molecule is NCC(c1ccc(Br)nc1)C(F)(F)F. The summed E-state index contributed by atoms with van der Waals surface area (Å²) in [4.78, 5) is 3.72. The Balaban J connectivity index is 2.96. The van der Waals surface area contributed by atoms with Crippen molar-refractivity contribution in [1.82, 2.24) is 4.98 Å². The van der Waals surface area contributed by atoms with Crippen molar-refractivity contribution in [3.63, 3.8) is 0 Å². The zero-order valence-corrected chi connectivity index (χ0v) is 8.64. The molecule has 0 aliphatic heterocycles. The Bertz CT molecular complexity index is 296. The van der Waals surface area contributed by atoms with Crippen molar-refractivity contribution in [2.75, 3.05) is 6.54 Å². The fourth-order valence-electron chi connectivity index (χ4n) is 1.05. The Morgan fingerprint density at radius 2 is 2.07 bits per heavy atom. The highest BCUT2D eigenvalue weighted by atomic mass is 79.9. The smallest absolute Gasteiger partial charge is 0.330 e. The lowest BCUT2D eigenvalue weighted by molar-refractivity contribution is -0.148. The number of aromatic nitrogens is 1. The first-order chi connectivity index (χ1) is 6.45. The maximum atomic E-state index is 12.4. The summed E-state index contributed by atoms with van der Waals surface area (Å²) >= 11 is 3.04. The minimum atomic E-state index is -4.32. The van der Waals surface area contributed by atoms with E-state index < -0.39 is 18.6 Å². The number of alkyl halides is 3. The summed E-state index contributed by atoms with van der Waals surface area (Å²) in [6, 6.07) is 2.83. The number of hydrogen-bond acceptors (Lipinski definition) is 2. The summed E-state index contributed by atoms with van der Waals surface area (Å²) in [5.74, 6) is -1.64. The summed E-state index contributed by atoms with van der Waals surface area (Å²) in [7, 11) is 0. The highest BCUT2D eigenvalue weighted by Gasteiger charge is 2.39. The number of nitrogens with zero attached hydrogens (tertiary/aromatic N) is 1. The fourth-order valence-corrected chi connectivity index (χ4v) is 1.29. The van der Waals surface area contributed by atoms with Gasteiger partial charge in [0.05, 0.1) is 5.92 Å². The molecule has 0 radical (unpaired) electrons. The standard InChI is InChI=1S/C8H8BrF3N2/c9-7-2-1-5(4-14-7)6(3-13)8(10,11)12/h1-2,4,6H,3,13H2. The summed E-state index contributed by atoms with van der Waals surface area (Å²) in [6.45, 7) is -0.465. The van der Waals surface area contributed by atoms with Gasteiger partial charge in [-0.15, -0.1) is 0 Å². The fraction of sp³-hybridized carbons (Fsp3) is 0.375. The van der Waals surface area contributed by atoms with E-state index in [2.05, 4.69) is 20.9 Å². The Morgan fingerprint density at radius 3 is 2.43 bits per heavy atom. The summed E-state index contributed by atoms with van der Waals surface area (Å²) in [6.07, 6.45) is -3.14. The van der Waals surface area contributed by atoms with Crippen molar-refractivity contribution in [3.05, 3.63) is 28.5 Å². The first-order valence-electron chi connectivity index (χ1n) is 3.83. The number of pyridine rings is 1. The van der Waals surface area contributed by atoms with Crippen LogP contribution in [0.2, 0.25) is 0 Å². The van der Waals surface area contributed by atoms with Crippen molar-refractivity contribution in [3.8, 4) is 0 Å². The van der Waals surface area contributed by atoms with Crippen molar-refractivity contribution < 1.29 is 13.2 Å². The molecule has 0 aliphatic carbocycles. The topological polar surface area (TPSA) is 38.9 Å². The Labute approximate surface area is 87.4 Å². The van der Waals surface area contributed by atoms with E-state index in [0.29, 0.717) is 4.60 Å². The molecule has 1 heterocycles. The molecule has 0 bridgehead atoms. The van der Waals surface area contributed by atoms with E-state index >= 15 is 0 Å². The lowest BCUT2D eigenvalue weighted by Gasteiger charge is -2.18. The lowest BCUT2D eigenvalue weighted by atomic mass is 10.0. The maximum Gasteiger partial charge on any atom is 0.397 e. The molecule has 2 nitrogen and oxygen atoms in total. The van der Waals surface area contributed by atoms with Gasteiger partial charge in [0.1, 0.15) is 4.60 Å². The van der Waals surface area contributed by atoms with Crippen LogP contribution in [0, 0.1) is 0 Å². The van der Waals surface area contributed by atoms with Crippen molar-refractivity contribution in [2.24, 2.45) is 5.73 Å². The molecule has 6 heteroatoms. The summed E-state index contributed by atoms with van der Waals surface area (Å²) in [5, 5.41) is 0. The molecule has 78 valence electrons. The van der Waals surface area contributed by atoms with Gasteiger partial charge in [0.25, 0.3) is 0 Å². The van der Waals surface area contributed by atoms with Gasteiger partial charge in [-0.25, -0.2) is 4.98 Å². The first kappa shape index (κ1) is 11.5. The Hall–Kier alpha value is -0.620. The van der Waals surface area contributed by atoms with E-state index in [1.807, 2.05) is 0 Å². The van der Waals surface area contributed by atoms with Gasteiger partial charge in [0.2, 0.25) is 0 Å². The van der Waals surface area contributed by atoms with Crippen LogP contribution in [0.15, 0.2) is 22.9 Å². The van der Waals surface area contributed by atoms with E-state index in [1.54, 1.807) is 0 Å².